The van der Waals surface area contributed by atoms with E-state index in [1.807, 2.05) is 36.5 Å². The lowest BCUT2D eigenvalue weighted by Crippen LogP contribution is -2.35. The summed E-state index contributed by atoms with van der Waals surface area (Å²) in [6, 6.07) is 16.8. The summed E-state index contributed by atoms with van der Waals surface area (Å²) >= 11 is 0. The molecule has 2 aromatic carbocycles. The fraction of sp³-hybridized carbons (Fsp3) is 0.261. The van der Waals surface area contributed by atoms with Gasteiger partial charge in [-0.2, -0.15) is 0 Å². The van der Waals surface area contributed by atoms with Crippen LogP contribution in [0.1, 0.15) is 18.4 Å². The highest BCUT2D eigenvalue weighted by atomic mass is 15.1. The van der Waals surface area contributed by atoms with E-state index >= 15 is 0 Å². The minimum Gasteiger partial charge on any atom is -0.351 e. The van der Waals surface area contributed by atoms with Crippen LogP contribution in [0.2, 0.25) is 0 Å². The minimum atomic E-state index is 0.398. The largest absolute Gasteiger partial charge is 0.351 e. The molecule has 1 fully saturated rings. The van der Waals surface area contributed by atoms with E-state index in [0.29, 0.717) is 12.0 Å². The number of fused-ring (bicyclic) bond motifs is 3. The molecule has 3 N–H and O–H groups in total. The number of para-hydroxylation sites is 1. The molecule has 1 saturated heterocycles. The summed E-state index contributed by atoms with van der Waals surface area (Å²) in [5.41, 5.74) is 3.94. The van der Waals surface area contributed by atoms with E-state index in [4.69, 9.17) is 9.97 Å². The van der Waals surface area contributed by atoms with Crippen molar-refractivity contribution in [2.75, 3.05) is 23.7 Å². The van der Waals surface area contributed by atoms with Gasteiger partial charge >= 0.3 is 0 Å². The molecule has 0 bridgehead atoms. The highest BCUT2D eigenvalue weighted by Gasteiger charge is 2.16. The predicted molar refractivity (Wildman–Crippen MR) is 119 cm³/mol. The third-order valence-electron chi connectivity index (χ3n) is 5.40. The molecule has 146 valence electrons. The number of aryl methyl sites for hydroxylation is 1. The second-order valence-electron chi connectivity index (χ2n) is 7.60. The van der Waals surface area contributed by atoms with Crippen molar-refractivity contribution in [3.8, 4) is 0 Å². The second kappa shape index (κ2) is 7.64. The molecule has 1 aliphatic rings. The quantitative estimate of drug-likeness (QED) is 0.453. The topological polar surface area (TPSA) is 74.8 Å². The highest BCUT2D eigenvalue weighted by molar-refractivity contribution is 6.08. The molecule has 4 aromatic rings. The van der Waals surface area contributed by atoms with E-state index < -0.39 is 0 Å². The van der Waals surface area contributed by atoms with Crippen LogP contribution in [0.5, 0.6) is 0 Å². The zero-order chi connectivity index (χ0) is 19.6. The van der Waals surface area contributed by atoms with E-state index in [0.717, 1.165) is 59.2 Å². The number of nitrogens with one attached hydrogen (secondary N) is 3. The van der Waals surface area contributed by atoms with Gasteiger partial charge < -0.3 is 16.0 Å². The van der Waals surface area contributed by atoms with Crippen LogP contribution >= 0.6 is 0 Å². The van der Waals surface area contributed by atoms with E-state index in [2.05, 4.69) is 46.1 Å². The van der Waals surface area contributed by atoms with Gasteiger partial charge in [0.1, 0.15) is 5.52 Å². The first-order chi connectivity index (χ1) is 14.3. The Labute approximate surface area is 169 Å². The van der Waals surface area contributed by atoms with Crippen molar-refractivity contribution >= 4 is 39.3 Å². The van der Waals surface area contributed by atoms with Gasteiger partial charge in [0.25, 0.3) is 0 Å². The first-order valence-corrected chi connectivity index (χ1v) is 10.1. The van der Waals surface area contributed by atoms with Gasteiger partial charge in [-0.3, -0.25) is 0 Å². The number of rotatable bonds is 4. The van der Waals surface area contributed by atoms with E-state index in [-0.39, 0.29) is 0 Å². The molecule has 6 nitrogen and oxygen atoms in total. The zero-order valence-corrected chi connectivity index (χ0v) is 16.4. The molecule has 0 unspecified atom stereocenters. The lowest BCUT2D eigenvalue weighted by Gasteiger charge is -2.23. The van der Waals surface area contributed by atoms with Gasteiger partial charge in [-0.05, 0) is 56.6 Å². The monoisotopic (exact) mass is 384 g/mol. The number of hydrogen-bond acceptors (Lipinski definition) is 6. The van der Waals surface area contributed by atoms with Crippen LogP contribution < -0.4 is 16.0 Å². The first-order valence-electron chi connectivity index (χ1n) is 10.1. The number of hydrogen-bond donors (Lipinski definition) is 3. The van der Waals surface area contributed by atoms with Gasteiger partial charge in [0, 0.05) is 28.7 Å². The number of pyridine rings is 1. The Morgan fingerprint density at radius 2 is 1.79 bits per heavy atom. The van der Waals surface area contributed by atoms with Crippen molar-refractivity contribution in [3.63, 3.8) is 0 Å². The first kappa shape index (κ1) is 17.8. The van der Waals surface area contributed by atoms with Gasteiger partial charge in [0.2, 0.25) is 5.95 Å². The van der Waals surface area contributed by atoms with E-state index in [1.54, 1.807) is 0 Å². The van der Waals surface area contributed by atoms with Crippen LogP contribution in [0.15, 0.2) is 54.7 Å². The number of anilines is 3. The molecule has 0 spiro atoms. The van der Waals surface area contributed by atoms with Crippen molar-refractivity contribution in [3.05, 3.63) is 60.3 Å². The maximum atomic E-state index is 4.91. The normalized spacial score (nSPS) is 14.9. The number of piperidine rings is 1. The SMILES string of the molecule is Cc1ccc2c(c1)nc(Nc1ccccc1)c1nc(NC3CCNCC3)ncc12. The predicted octanol–water partition coefficient (Wildman–Crippen LogP) is 4.39. The average molecular weight is 384 g/mol. The van der Waals surface area contributed by atoms with Crippen LogP contribution in [0.25, 0.3) is 21.8 Å². The van der Waals surface area contributed by atoms with Gasteiger partial charge in [-0.15, -0.1) is 0 Å². The van der Waals surface area contributed by atoms with Gasteiger partial charge in [0.15, 0.2) is 5.82 Å². The smallest absolute Gasteiger partial charge is 0.223 e. The van der Waals surface area contributed by atoms with Crippen LogP contribution in [0, 0.1) is 6.92 Å². The van der Waals surface area contributed by atoms with Crippen molar-refractivity contribution in [2.24, 2.45) is 0 Å². The Bertz CT molecular complexity index is 1150. The van der Waals surface area contributed by atoms with Crippen molar-refractivity contribution in [2.45, 2.75) is 25.8 Å². The molecular formula is C23H24N6. The maximum Gasteiger partial charge on any atom is 0.223 e. The van der Waals surface area contributed by atoms with Crippen LogP contribution in [-0.4, -0.2) is 34.1 Å². The second-order valence-corrected chi connectivity index (χ2v) is 7.60. The molecule has 0 aliphatic carbocycles. The maximum absolute atomic E-state index is 4.91. The average Bonchev–Trinajstić information content (AvgIpc) is 2.75. The Kier molecular flexibility index (Phi) is 4.69. The van der Waals surface area contributed by atoms with Crippen LogP contribution in [0.4, 0.5) is 17.5 Å². The third kappa shape index (κ3) is 3.71. The minimum absolute atomic E-state index is 0.398. The summed E-state index contributed by atoms with van der Waals surface area (Å²) in [4.78, 5) is 14.4. The number of aromatic nitrogens is 3. The molecule has 29 heavy (non-hydrogen) atoms. The van der Waals surface area contributed by atoms with Gasteiger partial charge in [0.05, 0.1) is 5.52 Å². The molecule has 1 aliphatic heterocycles. The summed E-state index contributed by atoms with van der Waals surface area (Å²) in [6.45, 7) is 4.13. The van der Waals surface area contributed by atoms with Crippen molar-refractivity contribution in [1.82, 2.24) is 20.3 Å². The Morgan fingerprint density at radius 1 is 0.966 bits per heavy atom. The Hall–Kier alpha value is -3.25. The summed E-state index contributed by atoms with van der Waals surface area (Å²) in [6.07, 6.45) is 4.07. The summed E-state index contributed by atoms with van der Waals surface area (Å²) < 4.78 is 0. The fourth-order valence-electron chi connectivity index (χ4n) is 3.86. The number of nitrogens with zero attached hydrogens (tertiary/aromatic N) is 3. The number of benzene rings is 2. The molecule has 0 saturated carbocycles. The Balaban J connectivity index is 1.62. The molecule has 6 heteroatoms. The molecule has 0 radical (unpaired) electrons. The summed E-state index contributed by atoms with van der Waals surface area (Å²) in [5.74, 6) is 1.41. The van der Waals surface area contributed by atoms with Crippen LogP contribution in [-0.2, 0) is 0 Å². The molecule has 2 aromatic heterocycles. The molecule has 0 atom stereocenters. The molecule has 5 rings (SSSR count). The summed E-state index contributed by atoms with van der Waals surface area (Å²) in [7, 11) is 0. The van der Waals surface area contributed by atoms with Crippen molar-refractivity contribution < 1.29 is 0 Å². The lowest BCUT2D eigenvalue weighted by atomic mass is 10.1. The third-order valence-corrected chi connectivity index (χ3v) is 5.40. The highest BCUT2D eigenvalue weighted by Crippen LogP contribution is 2.30. The van der Waals surface area contributed by atoms with Crippen LogP contribution in [0.3, 0.4) is 0 Å². The standard InChI is InChI=1S/C23H24N6/c1-15-7-8-18-19-14-25-23(27-17-9-11-24-12-10-17)29-21(19)22(28-20(18)13-15)26-16-5-3-2-4-6-16/h2-8,13-14,17,24H,9-12H2,1H3,(H,26,28)(H,25,27,29). The Morgan fingerprint density at radius 3 is 2.62 bits per heavy atom. The van der Waals surface area contributed by atoms with E-state index in [9.17, 15) is 0 Å². The lowest BCUT2D eigenvalue weighted by molar-refractivity contribution is 0.477. The molecular weight excluding hydrogens is 360 g/mol. The fourth-order valence-corrected chi connectivity index (χ4v) is 3.86. The van der Waals surface area contributed by atoms with Crippen molar-refractivity contribution in [1.29, 1.82) is 0 Å². The van der Waals surface area contributed by atoms with Gasteiger partial charge in [-0.1, -0.05) is 30.3 Å². The zero-order valence-electron chi connectivity index (χ0n) is 16.4. The van der Waals surface area contributed by atoms with Gasteiger partial charge in [-0.25, -0.2) is 15.0 Å². The molecule has 3 heterocycles. The molecule has 0 amide bonds. The van der Waals surface area contributed by atoms with E-state index in [1.165, 1.54) is 5.56 Å². The summed E-state index contributed by atoms with van der Waals surface area (Å²) in [5, 5.41) is 12.4.